The molecular formula is C15H33N3. The van der Waals surface area contributed by atoms with Crippen molar-refractivity contribution in [3.8, 4) is 0 Å². The molecule has 2 N–H and O–H groups in total. The average Bonchev–Trinajstić information content (AvgIpc) is 2.39. The van der Waals surface area contributed by atoms with Crippen molar-refractivity contribution in [2.45, 2.75) is 64.0 Å². The predicted molar refractivity (Wildman–Crippen MR) is 79.9 cm³/mol. The SMILES string of the molecule is CCCCCCC(CN)N1CCC(N(C)C)CC1. The molecule has 0 amide bonds. The van der Waals surface area contributed by atoms with Crippen LogP contribution in [0, 0.1) is 0 Å². The zero-order chi connectivity index (χ0) is 13.4. The Morgan fingerprint density at radius 1 is 1.17 bits per heavy atom. The maximum absolute atomic E-state index is 5.96. The number of hydrogen-bond acceptors (Lipinski definition) is 3. The number of piperidine rings is 1. The molecule has 0 aromatic carbocycles. The first-order valence-corrected chi connectivity index (χ1v) is 7.79. The second-order valence-electron chi connectivity index (χ2n) is 5.97. The van der Waals surface area contributed by atoms with Crippen molar-refractivity contribution in [1.29, 1.82) is 0 Å². The van der Waals surface area contributed by atoms with Crippen molar-refractivity contribution in [2.24, 2.45) is 5.73 Å². The summed E-state index contributed by atoms with van der Waals surface area (Å²) in [6, 6.07) is 1.41. The van der Waals surface area contributed by atoms with Crippen molar-refractivity contribution in [1.82, 2.24) is 9.80 Å². The van der Waals surface area contributed by atoms with Gasteiger partial charge in [0.05, 0.1) is 0 Å². The van der Waals surface area contributed by atoms with E-state index in [1.807, 2.05) is 0 Å². The summed E-state index contributed by atoms with van der Waals surface area (Å²) in [6.45, 7) is 5.57. The van der Waals surface area contributed by atoms with Crippen LogP contribution in [0.25, 0.3) is 0 Å². The molecule has 1 unspecified atom stereocenters. The Bertz CT molecular complexity index is 198. The Labute approximate surface area is 114 Å². The lowest BCUT2D eigenvalue weighted by molar-refractivity contribution is 0.105. The Balaban J connectivity index is 2.25. The summed E-state index contributed by atoms with van der Waals surface area (Å²) in [5.41, 5.74) is 5.96. The van der Waals surface area contributed by atoms with E-state index in [4.69, 9.17) is 5.73 Å². The minimum absolute atomic E-state index is 0.630. The summed E-state index contributed by atoms with van der Waals surface area (Å²) in [5.74, 6) is 0. The monoisotopic (exact) mass is 255 g/mol. The van der Waals surface area contributed by atoms with Crippen molar-refractivity contribution in [3.05, 3.63) is 0 Å². The molecule has 18 heavy (non-hydrogen) atoms. The molecule has 0 aromatic rings. The fraction of sp³-hybridized carbons (Fsp3) is 1.00. The highest BCUT2D eigenvalue weighted by molar-refractivity contribution is 4.82. The largest absolute Gasteiger partial charge is 0.329 e. The first-order chi connectivity index (χ1) is 8.69. The van der Waals surface area contributed by atoms with Crippen molar-refractivity contribution in [3.63, 3.8) is 0 Å². The van der Waals surface area contributed by atoms with E-state index in [0.29, 0.717) is 6.04 Å². The highest BCUT2D eigenvalue weighted by Crippen LogP contribution is 2.19. The zero-order valence-corrected chi connectivity index (χ0v) is 12.7. The Morgan fingerprint density at radius 2 is 1.83 bits per heavy atom. The van der Waals surface area contributed by atoms with Gasteiger partial charge in [0.25, 0.3) is 0 Å². The maximum Gasteiger partial charge on any atom is 0.0218 e. The van der Waals surface area contributed by atoms with Gasteiger partial charge in [-0.05, 0) is 46.4 Å². The lowest BCUT2D eigenvalue weighted by Gasteiger charge is -2.39. The minimum Gasteiger partial charge on any atom is -0.329 e. The summed E-state index contributed by atoms with van der Waals surface area (Å²) < 4.78 is 0. The van der Waals surface area contributed by atoms with E-state index in [2.05, 4.69) is 30.8 Å². The van der Waals surface area contributed by atoms with E-state index in [9.17, 15) is 0 Å². The van der Waals surface area contributed by atoms with Crippen LogP contribution in [0.2, 0.25) is 0 Å². The van der Waals surface area contributed by atoms with Crippen molar-refractivity contribution < 1.29 is 0 Å². The lowest BCUT2D eigenvalue weighted by atomic mass is 9.99. The van der Waals surface area contributed by atoms with Gasteiger partial charge in [-0.15, -0.1) is 0 Å². The standard InChI is InChI=1S/C15H33N3/c1-4-5-6-7-8-15(13-16)18-11-9-14(10-12-18)17(2)3/h14-15H,4-13,16H2,1-3H3. The molecule has 1 rings (SSSR count). The smallest absolute Gasteiger partial charge is 0.0218 e. The Kier molecular flexibility index (Phi) is 7.87. The number of rotatable bonds is 8. The number of likely N-dealkylation sites (tertiary alicyclic amines) is 1. The molecule has 0 saturated carbocycles. The van der Waals surface area contributed by atoms with Gasteiger partial charge in [0, 0.05) is 18.6 Å². The topological polar surface area (TPSA) is 32.5 Å². The maximum atomic E-state index is 5.96. The van der Waals surface area contributed by atoms with Crippen LogP contribution in [0.15, 0.2) is 0 Å². The number of nitrogens with two attached hydrogens (primary N) is 1. The molecule has 1 aliphatic heterocycles. The van der Waals surface area contributed by atoms with E-state index in [-0.39, 0.29) is 0 Å². The molecular weight excluding hydrogens is 222 g/mol. The molecule has 0 spiro atoms. The van der Waals surface area contributed by atoms with Gasteiger partial charge < -0.3 is 10.6 Å². The molecule has 1 saturated heterocycles. The lowest BCUT2D eigenvalue weighted by Crippen LogP contribution is -2.48. The van der Waals surface area contributed by atoms with Gasteiger partial charge in [0.2, 0.25) is 0 Å². The second kappa shape index (κ2) is 8.89. The van der Waals surface area contributed by atoms with E-state index in [1.54, 1.807) is 0 Å². The minimum atomic E-state index is 0.630. The summed E-state index contributed by atoms with van der Waals surface area (Å²) in [6.07, 6.45) is 9.33. The molecule has 0 aromatic heterocycles. The van der Waals surface area contributed by atoms with E-state index in [0.717, 1.165) is 12.6 Å². The molecule has 108 valence electrons. The van der Waals surface area contributed by atoms with Crippen molar-refractivity contribution in [2.75, 3.05) is 33.7 Å². The van der Waals surface area contributed by atoms with Crippen LogP contribution >= 0.6 is 0 Å². The molecule has 3 heteroatoms. The molecule has 0 aliphatic carbocycles. The van der Waals surface area contributed by atoms with Gasteiger partial charge in [0.15, 0.2) is 0 Å². The molecule has 1 aliphatic rings. The number of nitrogens with zero attached hydrogens (tertiary/aromatic N) is 2. The Hall–Kier alpha value is -0.120. The first-order valence-electron chi connectivity index (χ1n) is 7.79. The number of unbranched alkanes of at least 4 members (excludes halogenated alkanes) is 3. The van der Waals surface area contributed by atoms with Crippen LogP contribution in [-0.4, -0.2) is 55.6 Å². The second-order valence-corrected chi connectivity index (χ2v) is 5.97. The third-order valence-corrected chi connectivity index (χ3v) is 4.41. The Morgan fingerprint density at radius 3 is 2.33 bits per heavy atom. The van der Waals surface area contributed by atoms with Crippen LogP contribution < -0.4 is 5.73 Å². The average molecular weight is 255 g/mol. The summed E-state index contributed by atoms with van der Waals surface area (Å²) in [5, 5.41) is 0. The molecule has 0 bridgehead atoms. The quantitative estimate of drug-likeness (QED) is 0.676. The molecule has 0 radical (unpaired) electrons. The normalized spacial score (nSPS) is 20.5. The fourth-order valence-corrected chi connectivity index (χ4v) is 3.02. The summed E-state index contributed by atoms with van der Waals surface area (Å²) >= 11 is 0. The van der Waals surface area contributed by atoms with Gasteiger partial charge in [-0.1, -0.05) is 32.6 Å². The molecule has 1 atom stereocenters. The summed E-state index contributed by atoms with van der Waals surface area (Å²) in [7, 11) is 4.40. The van der Waals surface area contributed by atoms with Crippen LogP contribution in [-0.2, 0) is 0 Å². The van der Waals surface area contributed by atoms with Gasteiger partial charge in [0.1, 0.15) is 0 Å². The fourth-order valence-electron chi connectivity index (χ4n) is 3.02. The molecule has 3 nitrogen and oxygen atoms in total. The third-order valence-electron chi connectivity index (χ3n) is 4.41. The summed E-state index contributed by atoms with van der Waals surface area (Å²) in [4.78, 5) is 5.00. The van der Waals surface area contributed by atoms with E-state index in [1.165, 1.54) is 58.0 Å². The van der Waals surface area contributed by atoms with Gasteiger partial charge in [-0.3, -0.25) is 4.90 Å². The molecule has 1 fully saturated rings. The van der Waals surface area contributed by atoms with Crippen LogP contribution in [0.4, 0.5) is 0 Å². The van der Waals surface area contributed by atoms with E-state index >= 15 is 0 Å². The van der Waals surface area contributed by atoms with E-state index < -0.39 is 0 Å². The van der Waals surface area contributed by atoms with Gasteiger partial charge >= 0.3 is 0 Å². The predicted octanol–water partition coefficient (Wildman–Crippen LogP) is 2.31. The number of hydrogen-bond donors (Lipinski definition) is 1. The highest BCUT2D eigenvalue weighted by Gasteiger charge is 2.24. The van der Waals surface area contributed by atoms with Gasteiger partial charge in [-0.25, -0.2) is 0 Å². The zero-order valence-electron chi connectivity index (χ0n) is 12.7. The van der Waals surface area contributed by atoms with Crippen LogP contribution in [0.3, 0.4) is 0 Å². The van der Waals surface area contributed by atoms with Gasteiger partial charge in [-0.2, -0.15) is 0 Å². The molecule has 1 heterocycles. The van der Waals surface area contributed by atoms with Crippen molar-refractivity contribution >= 4 is 0 Å². The van der Waals surface area contributed by atoms with Crippen LogP contribution in [0.5, 0.6) is 0 Å². The first kappa shape index (κ1) is 15.9. The third kappa shape index (κ3) is 5.25. The highest BCUT2D eigenvalue weighted by atomic mass is 15.2. The van der Waals surface area contributed by atoms with Crippen LogP contribution in [0.1, 0.15) is 51.9 Å².